The molecule has 3 rings (SSSR count). The van der Waals surface area contributed by atoms with Gasteiger partial charge in [-0.3, -0.25) is 4.68 Å². The van der Waals surface area contributed by atoms with E-state index in [9.17, 15) is 4.39 Å². The minimum absolute atomic E-state index is 0.0311. The molecule has 0 saturated heterocycles. The first-order chi connectivity index (χ1) is 9.67. The SMILES string of the molecule is N#Cc1cc2cnn(Cc3ccc(Cl)cc3)c2cc1F. The molecule has 0 fully saturated rings. The molecule has 0 unspecified atom stereocenters. The fourth-order valence-corrected chi connectivity index (χ4v) is 2.20. The fraction of sp³-hybridized carbons (Fsp3) is 0.0667. The van der Waals surface area contributed by atoms with E-state index in [2.05, 4.69) is 5.10 Å². The third kappa shape index (κ3) is 2.24. The van der Waals surface area contributed by atoms with Crippen LogP contribution in [0.25, 0.3) is 10.9 Å². The van der Waals surface area contributed by atoms with E-state index in [-0.39, 0.29) is 5.56 Å². The standard InChI is InChI=1S/C15H9ClFN3/c16-13-3-1-10(2-4-13)9-20-15-6-14(17)11(7-18)5-12(15)8-19-20/h1-6,8H,9H2. The Hall–Kier alpha value is -2.38. The lowest BCUT2D eigenvalue weighted by Gasteiger charge is -2.04. The van der Waals surface area contributed by atoms with E-state index < -0.39 is 5.82 Å². The van der Waals surface area contributed by atoms with Crippen molar-refractivity contribution >= 4 is 22.5 Å². The predicted octanol–water partition coefficient (Wildman–Crippen LogP) is 3.75. The number of hydrogen-bond acceptors (Lipinski definition) is 2. The van der Waals surface area contributed by atoms with Crippen LogP contribution in [0.5, 0.6) is 0 Å². The Balaban J connectivity index is 2.02. The second kappa shape index (κ2) is 4.95. The summed E-state index contributed by atoms with van der Waals surface area (Å²) in [5.74, 6) is -0.530. The number of nitrogens with zero attached hydrogens (tertiary/aromatic N) is 3. The molecular formula is C15H9ClFN3. The lowest BCUT2D eigenvalue weighted by molar-refractivity contribution is 0.623. The van der Waals surface area contributed by atoms with E-state index in [0.717, 1.165) is 10.9 Å². The topological polar surface area (TPSA) is 41.6 Å². The van der Waals surface area contributed by atoms with Crippen molar-refractivity contribution in [1.82, 2.24) is 9.78 Å². The summed E-state index contributed by atoms with van der Waals surface area (Å²) >= 11 is 5.84. The Kier molecular flexibility index (Phi) is 3.13. The third-order valence-corrected chi connectivity index (χ3v) is 3.35. The van der Waals surface area contributed by atoms with Crippen molar-refractivity contribution in [3.63, 3.8) is 0 Å². The van der Waals surface area contributed by atoms with E-state index in [1.807, 2.05) is 18.2 Å². The zero-order chi connectivity index (χ0) is 14.1. The van der Waals surface area contributed by atoms with Crippen molar-refractivity contribution in [1.29, 1.82) is 5.26 Å². The summed E-state index contributed by atoms with van der Waals surface area (Å²) in [6, 6.07) is 12.1. The molecule has 3 aromatic rings. The zero-order valence-electron chi connectivity index (χ0n) is 10.3. The molecule has 1 aromatic heterocycles. The first-order valence-electron chi connectivity index (χ1n) is 5.97. The van der Waals surface area contributed by atoms with Crippen molar-refractivity contribution in [3.05, 3.63) is 64.6 Å². The van der Waals surface area contributed by atoms with Crippen molar-refractivity contribution in [3.8, 4) is 6.07 Å². The van der Waals surface area contributed by atoms with E-state index in [1.54, 1.807) is 23.0 Å². The number of nitriles is 1. The summed E-state index contributed by atoms with van der Waals surface area (Å²) in [5.41, 5.74) is 1.71. The molecule has 3 nitrogen and oxygen atoms in total. The summed E-state index contributed by atoms with van der Waals surface area (Å²) in [7, 11) is 0. The van der Waals surface area contributed by atoms with Crippen LogP contribution in [0.4, 0.5) is 4.39 Å². The van der Waals surface area contributed by atoms with Gasteiger partial charge in [-0.05, 0) is 23.8 Å². The summed E-state index contributed by atoms with van der Waals surface area (Å²) in [4.78, 5) is 0. The van der Waals surface area contributed by atoms with Crippen LogP contribution in [-0.2, 0) is 6.54 Å². The van der Waals surface area contributed by atoms with Crippen LogP contribution in [0.3, 0.4) is 0 Å². The summed E-state index contributed by atoms with van der Waals surface area (Å²) in [6.07, 6.45) is 1.63. The molecular weight excluding hydrogens is 277 g/mol. The van der Waals surface area contributed by atoms with Crippen LogP contribution in [0.2, 0.25) is 5.02 Å². The van der Waals surface area contributed by atoms with Gasteiger partial charge in [0, 0.05) is 16.5 Å². The number of fused-ring (bicyclic) bond motifs is 1. The van der Waals surface area contributed by atoms with Crippen LogP contribution in [0.15, 0.2) is 42.6 Å². The fourth-order valence-electron chi connectivity index (χ4n) is 2.07. The smallest absolute Gasteiger partial charge is 0.143 e. The van der Waals surface area contributed by atoms with Crippen LogP contribution < -0.4 is 0 Å². The molecule has 0 bridgehead atoms. The van der Waals surface area contributed by atoms with Crippen molar-refractivity contribution in [2.75, 3.05) is 0 Å². The molecule has 98 valence electrons. The molecule has 0 aliphatic rings. The molecule has 20 heavy (non-hydrogen) atoms. The highest BCUT2D eigenvalue weighted by atomic mass is 35.5. The number of rotatable bonds is 2. The third-order valence-electron chi connectivity index (χ3n) is 3.10. The molecule has 0 radical (unpaired) electrons. The predicted molar refractivity (Wildman–Crippen MR) is 75.0 cm³/mol. The van der Waals surface area contributed by atoms with Crippen molar-refractivity contribution in [2.24, 2.45) is 0 Å². The van der Waals surface area contributed by atoms with Gasteiger partial charge in [0.25, 0.3) is 0 Å². The Morgan fingerprint density at radius 1 is 1.25 bits per heavy atom. The molecule has 0 aliphatic carbocycles. The van der Waals surface area contributed by atoms with Crippen LogP contribution >= 0.6 is 11.6 Å². The Bertz CT molecular complexity index is 815. The van der Waals surface area contributed by atoms with Crippen molar-refractivity contribution in [2.45, 2.75) is 6.54 Å². The van der Waals surface area contributed by atoms with Gasteiger partial charge in [0.15, 0.2) is 0 Å². The lowest BCUT2D eigenvalue weighted by Crippen LogP contribution is -2.01. The summed E-state index contributed by atoms with van der Waals surface area (Å²) in [6.45, 7) is 0.520. The average molecular weight is 286 g/mol. The monoisotopic (exact) mass is 285 g/mol. The Morgan fingerprint density at radius 3 is 2.70 bits per heavy atom. The van der Waals surface area contributed by atoms with E-state index in [4.69, 9.17) is 16.9 Å². The van der Waals surface area contributed by atoms with Crippen LogP contribution in [0.1, 0.15) is 11.1 Å². The highest BCUT2D eigenvalue weighted by molar-refractivity contribution is 6.30. The van der Waals surface area contributed by atoms with Crippen LogP contribution in [-0.4, -0.2) is 9.78 Å². The molecule has 0 saturated carbocycles. The molecule has 0 aliphatic heterocycles. The number of aromatic nitrogens is 2. The van der Waals surface area contributed by atoms with Gasteiger partial charge in [-0.1, -0.05) is 23.7 Å². The quantitative estimate of drug-likeness (QED) is 0.719. The molecule has 0 amide bonds. The van der Waals surface area contributed by atoms with Gasteiger partial charge in [-0.2, -0.15) is 10.4 Å². The van der Waals surface area contributed by atoms with E-state index in [1.165, 1.54) is 12.1 Å². The number of halogens is 2. The number of hydrogen-bond donors (Lipinski definition) is 0. The van der Waals surface area contributed by atoms with Crippen molar-refractivity contribution < 1.29 is 4.39 Å². The summed E-state index contributed by atoms with van der Waals surface area (Å²) in [5, 5.41) is 14.5. The Labute approximate surface area is 119 Å². The molecule has 2 aromatic carbocycles. The molecule has 0 N–H and O–H groups in total. The van der Waals surface area contributed by atoms with Gasteiger partial charge in [-0.15, -0.1) is 0 Å². The van der Waals surface area contributed by atoms with Gasteiger partial charge in [0.1, 0.15) is 11.9 Å². The van der Waals surface area contributed by atoms with Gasteiger partial charge >= 0.3 is 0 Å². The van der Waals surface area contributed by atoms with E-state index >= 15 is 0 Å². The maximum atomic E-state index is 13.7. The number of benzene rings is 2. The second-order valence-corrected chi connectivity index (χ2v) is 4.87. The Morgan fingerprint density at radius 2 is 2.00 bits per heavy atom. The maximum absolute atomic E-state index is 13.7. The van der Waals surface area contributed by atoms with E-state index in [0.29, 0.717) is 17.1 Å². The average Bonchev–Trinajstić information content (AvgIpc) is 2.83. The van der Waals surface area contributed by atoms with Gasteiger partial charge in [0.2, 0.25) is 0 Å². The zero-order valence-corrected chi connectivity index (χ0v) is 11.1. The van der Waals surface area contributed by atoms with Crippen LogP contribution in [0, 0.1) is 17.1 Å². The first-order valence-corrected chi connectivity index (χ1v) is 6.35. The maximum Gasteiger partial charge on any atom is 0.143 e. The first kappa shape index (κ1) is 12.6. The van der Waals surface area contributed by atoms with Gasteiger partial charge < -0.3 is 0 Å². The molecule has 1 heterocycles. The second-order valence-electron chi connectivity index (χ2n) is 4.43. The molecule has 0 spiro atoms. The van der Waals surface area contributed by atoms with Gasteiger partial charge in [0.05, 0.1) is 23.8 Å². The largest absolute Gasteiger partial charge is 0.260 e. The normalized spacial score (nSPS) is 10.7. The minimum atomic E-state index is -0.530. The highest BCUT2D eigenvalue weighted by Gasteiger charge is 2.09. The highest BCUT2D eigenvalue weighted by Crippen LogP contribution is 2.20. The lowest BCUT2D eigenvalue weighted by atomic mass is 10.1. The molecule has 0 atom stereocenters. The minimum Gasteiger partial charge on any atom is -0.260 e. The molecule has 5 heteroatoms. The van der Waals surface area contributed by atoms with Gasteiger partial charge in [-0.25, -0.2) is 4.39 Å². The summed E-state index contributed by atoms with van der Waals surface area (Å²) < 4.78 is 15.4.